The van der Waals surface area contributed by atoms with Crippen molar-refractivity contribution < 1.29 is 23.1 Å². The Balaban J connectivity index is 1.97. The molecule has 7 nitrogen and oxygen atoms in total. The van der Waals surface area contributed by atoms with Crippen molar-refractivity contribution in [1.82, 2.24) is 9.21 Å². The number of aliphatic hydroxyl groups is 1. The van der Waals surface area contributed by atoms with Crippen LogP contribution in [0.15, 0.2) is 27.6 Å². The molecule has 156 valence electrons. The highest BCUT2D eigenvalue weighted by Gasteiger charge is 2.39. The summed E-state index contributed by atoms with van der Waals surface area (Å²) in [5, 5.41) is 9.61. The van der Waals surface area contributed by atoms with Gasteiger partial charge in [0.2, 0.25) is 15.9 Å². The van der Waals surface area contributed by atoms with E-state index in [1.807, 2.05) is 6.92 Å². The summed E-state index contributed by atoms with van der Waals surface area (Å²) in [4.78, 5) is 14.1. The SMILES string of the molecule is C[C@H]1CN([C@@H](C)CO)S(=O)(=O)c2ccc(Br)cc2O[C@@H]1CN(C)C(=O)C1CC1. The molecule has 1 fully saturated rings. The number of rotatable bonds is 5. The number of carbonyl (C=O) groups excluding carboxylic acids is 1. The fourth-order valence-electron chi connectivity index (χ4n) is 3.42. The molecule has 0 aromatic heterocycles. The Hall–Kier alpha value is -1.16. The number of hydrogen-bond acceptors (Lipinski definition) is 5. The Morgan fingerprint density at radius 1 is 1.43 bits per heavy atom. The zero-order chi connectivity index (χ0) is 20.6. The first-order chi connectivity index (χ1) is 13.1. The number of ether oxygens (including phenoxy) is 1. The molecule has 1 heterocycles. The van der Waals surface area contributed by atoms with Crippen LogP contribution in [0, 0.1) is 11.8 Å². The summed E-state index contributed by atoms with van der Waals surface area (Å²) in [6.07, 6.45) is 1.49. The standard InChI is InChI=1S/C19H27BrN2O5S/c1-12-9-22(13(2)11-23)28(25,26)18-7-6-15(20)8-16(18)27-17(12)10-21(3)19(24)14-4-5-14/h6-8,12-14,17,23H,4-5,9-11H2,1-3H3/t12-,13-,17+/m0/s1. The number of halogens is 1. The van der Waals surface area contributed by atoms with Gasteiger partial charge in [-0.2, -0.15) is 4.31 Å². The highest BCUT2D eigenvalue weighted by Crippen LogP contribution is 2.36. The van der Waals surface area contributed by atoms with Crippen molar-refractivity contribution in [3.8, 4) is 5.75 Å². The lowest BCUT2D eigenvalue weighted by Gasteiger charge is -2.37. The van der Waals surface area contributed by atoms with Gasteiger partial charge in [0.1, 0.15) is 16.7 Å². The van der Waals surface area contributed by atoms with Gasteiger partial charge < -0.3 is 14.7 Å². The van der Waals surface area contributed by atoms with E-state index >= 15 is 0 Å². The van der Waals surface area contributed by atoms with Crippen LogP contribution in [-0.2, 0) is 14.8 Å². The first-order valence-corrected chi connectivity index (χ1v) is 11.7. The lowest BCUT2D eigenvalue weighted by Crippen LogP contribution is -2.50. The normalized spacial score (nSPS) is 25.8. The molecule has 28 heavy (non-hydrogen) atoms. The van der Waals surface area contributed by atoms with Gasteiger partial charge in [0.15, 0.2) is 0 Å². The highest BCUT2D eigenvalue weighted by molar-refractivity contribution is 9.10. The summed E-state index contributed by atoms with van der Waals surface area (Å²) < 4.78 is 34.6. The van der Waals surface area contributed by atoms with Crippen LogP contribution in [0.25, 0.3) is 0 Å². The van der Waals surface area contributed by atoms with Crippen LogP contribution in [0.4, 0.5) is 0 Å². The van der Waals surface area contributed by atoms with Crippen molar-refractivity contribution in [3.63, 3.8) is 0 Å². The highest BCUT2D eigenvalue weighted by atomic mass is 79.9. The molecule has 2 aliphatic rings. The number of sulfonamides is 1. The third-order valence-corrected chi connectivity index (χ3v) is 7.90. The van der Waals surface area contributed by atoms with E-state index in [1.54, 1.807) is 31.0 Å². The van der Waals surface area contributed by atoms with Gasteiger partial charge in [0.05, 0.1) is 13.2 Å². The molecule has 9 heteroatoms. The molecule has 1 N–H and O–H groups in total. The van der Waals surface area contributed by atoms with Crippen molar-refractivity contribution in [2.24, 2.45) is 11.8 Å². The van der Waals surface area contributed by atoms with Gasteiger partial charge in [0.25, 0.3) is 0 Å². The maximum absolute atomic E-state index is 13.2. The molecule has 1 aliphatic heterocycles. The first kappa shape index (κ1) is 21.5. The molecule has 1 aromatic carbocycles. The largest absolute Gasteiger partial charge is 0.487 e. The monoisotopic (exact) mass is 474 g/mol. The second-order valence-electron chi connectivity index (χ2n) is 7.82. The number of carbonyl (C=O) groups is 1. The summed E-state index contributed by atoms with van der Waals surface area (Å²) in [7, 11) is -2.06. The van der Waals surface area contributed by atoms with Crippen molar-refractivity contribution >= 4 is 31.9 Å². The smallest absolute Gasteiger partial charge is 0.247 e. The minimum Gasteiger partial charge on any atom is -0.487 e. The quantitative estimate of drug-likeness (QED) is 0.705. The third-order valence-electron chi connectivity index (χ3n) is 5.39. The molecule has 0 radical (unpaired) electrons. The van der Waals surface area contributed by atoms with Crippen LogP contribution >= 0.6 is 15.9 Å². The predicted octanol–water partition coefficient (Wildman–Crippen LogP) is 2.09. The maximum atomic E-state index is 13.2. The van der Waals surface area contributed by atoms with Crippen molar-refractivity contribution in [1.29, 1.82) is 0 Å². The zero-order valence-electron chi connectivity index (χ0n) is 16.3. The van der Waals surface area contributed by atoms with Gasteiger partial charge in [-0.15, -0.1) is 0 Å². The molecule has 1 amide bonds. The van der Waals surface area contributed by atoms with E-state index in [0.717, 1.165) is 12.8 Å². The molecule has 0 unspecified atom stereocenters. The van der Waals surface area contributed by atoms with Crippen molar-refractivity contribution in [3.05, 3.63) is 22.7 Å². The fourth-order valence-corrected chi connectivity index (χ4v) is 5.59. The van der Waals surface area contributed by atoms with Gasteiger partial charge >= 0.3 is 0 Å². The molecule has 1 saturated carbocycles. The number of benzene rings is 1. The van der Waals surface area contributed by atoms with E-state index < -0.39 is 16.1 Å². The second kappa shape index (κ2) is 8.30. The Morgan fingerprint density at radius 2 is 2.11 bits per heavy atom. The average Bonchev–Trinajstić information content (AvgIpc) is 3.48. The summed E-state index contributed by atoms with van der Waals surface area (Å²) >= 11 is 3.37. The molecule has 1 aliphatic carbocycles. The zero-order valence-corrected chi connectivity index (χ0v) is 18.7. The summed E-state index contributed by atoms with van der Waals surface area (Å²) in [5.41, 5.74) is 0. The Labute approximate surface area is 174 Å². The van der Waals surface area contributed by atoms with Gasteiger partial charge in [-0.25, -0.2) is 8.42 Å². The van der Waals surface area contributed by atoms with Crippen molar-refractivity contribution in [2.45, 2.75) is 43.7 Å². The molecular formula is C19H27BrN2O5S. The Morgan fingerprint density at radius 3 is 2.71 bits per heavy atom. The third kappa shape index (κ3) is 4.37. The molecule has 0 bridgehead atoms. The van der Waals surface area contributed by atoms with Crippen LogP contribution in [0.1, 0.15) is 26.7 Å². The van der Waals surface area contributed by atoms with E-state index in [4.69, 9.17) is 4.74 Å². The van der Waals surface area contributed by atoms with E-state index in [0.29, 0.717) is 11.0 Å². The van der Waals surface area contributed by atoms with E-state index in [9.17, 15) is 18.3 Å². The Kier molecular flexibility index (Phi) is 6.38. The van der Waals surface area contributed by atoms with Crippen molar-refractivity contribution in [2.75, 3.05) is 26.7 Å². The molecule has 3 rings (SSSR count). The topological polar surface area (TPSA) is 87.2 Å². The lowest BCUT2D eigenvalue weighted by molar-refractivity contribution is -0.132. The van der Waals surface area contributed by atoms with Gasteiger partial charge in [-0.05, 0) is 38.0 Å². The summed E-state index contributed by atoms with van der Waals surface area (Å²) in [6, 6.07) is 4.25. The summed E-state index contributed by atoms with van der Waals surface area (Å²) in [5.74, 6) is 0.306. The number of amides is 1. The van der Waals surface area contributed by atoms with Gasteiger partial charge in [-0.3, -0.25) is 4.79 Å². The lowest BCUT2D eigenvalue weighted by atomic mass is 10.0. The second-order valence-corrected chi connectivity index (χ2v) is 10.6. The number of nitrogens with zero attached hydrogens (tertiary/aromatic N) is 2. The molecule has 0 saturated heterocycles. The van der Waals surface area contributed by atoms with Crippen LogP contribution in [0.5, 0.6) is 5.75 Å². The van der Waals surface area contributed by atoms with Crippen LogP contribution < -0.4 is 4.74 Å². The minimum absolute atomic E-state index is 0.0732. The molecular weight excluding hydrogens is 448 g/mol. The molecule has 0 spiro atoms. The number of fused-ring (bicyclic) bond motifs is 1. The minimum atomic E-state index is -3.83. The predicted molar refractivity (Wildman–Crippen MR) is 109 cm³/mol. The van der Waals surface area contributed by atoms with Crippen LogP contribution in [0.3, 0.4) is 0 Å². The maximum Gasteiger partial charge on any atom is 0.247 e. The molecule has 3 atom stereocenters. The summed E-state index contributed by atoms with van der Waals surface area (Å²) in [6.45, 7) is 3.90. The number of hydrogen-bond donors (Lipinski definition) is 1. The average molecular weight is 475 g/mol. The first-order valence-electron chi connectivity index (χ1n) is 9.49. The Bertz CT molecular complexity index is 843. The van der Waals surface area contributed by atoms with Crippen LogP contribution in [-0.4, -0.2) is 67.5 Å². The van der Waals surface area contributed by atoms with E-state index in [-0.39, 0.29) is 47.6 Å². The number of aliphatic hydroxyl groups excluding tert-OH is 1. The fraction of sp³-hybridized carbons (Fsp3) is 0.632. The molecule has 1 aromatic rings. The number of likely N-dealkylation sites (N-methyl/N-ethyl adjacent to an activating group) is 1. The van der Waals surface area contributed by atoms with E-state index in [2.05, 4.69) is 15.9 Å². The van der Waals surface area contributed by atoms with Gasteiger partial charge in [0, 0.05) is 35.9 Å². The van der Waals surface area contributed by atoms with Gasteiger partial charge in [-0.1, -0.05) is 22.9 Å². The van der Waals surface area contributed by atoms with Crippen LogP contribution in [0.2, 0.25) is 0 Å². The van der Waals surface area contributed by atoms with E-state index in [1.165, 1.54) is 10.4 Å².